The van der Waals surface area contributed by atoms with E-state index in [1.807, 2.05) is 50.2 Å². The van der Waals surface area contributed by atoms with E-state index < -0.39 is 11.8 Å². The van der Waals surface area contributed by atoms with Crippen LogP contribution in [0.4, 0.5) is 0 Å². The van der Waals surface area contributed by atoms with Crippen LogP contribution in [0.1, 0.15) is 37.7 Å². The van der Waals surface area contributed by atoms with Gasteiger partial charge >= 0.3 is 0 Å². The van der Waals surface area contributed by atoms with Gasteiger partial charge in [0.05, 0.1) is 17.3 Å². The third kappa shape index (κ3) is 2.45. The average Bonchev–Trinajstić information content (AvgIpc) is 3.08. The maximum Gasteiger partial charge on any atom is 0.282 e. The fourth-order valence-corrected chi connectivity index (χ4v) is 3.29. The monoisotopic (exact) mass is 343 g/mol. The third-order valence-electron chi connectivity index (χ3n) is 4.57. The van der Waals surface area contributed by atoms with Gasteiger partial charge in [0.15, 0.2) is 0 Å². The lowest BCUT2D eigenvalue weighted by atomic mass is 10.1. The molecule has 0 radical (unpaired) electrons. The quantitative estimate of drug-likeness (QED) is 0.537. The summed E-state index contributed by atoms with van der Waals surface area (Å²) in [5.74, 6) is -0.780. The number of rotatable bonds is 3. The number of amides is 2. The zero-order valence-corrected chi connectivity index (χ0v) is 14.5. The van der Waals surface area contributed by atoms with Gasteiger partial charge in [-0.15, -0.1) is 0 Å². The van der Waals surface area contributed by atoms with Crippen molar-refractivity contribution < 1.29 is 9.59 Å². The second kappa shape index (κ2) is 6.11. The lowest BCUT2D eigenvalue weighted by molar-refractivity contribution is 0.0660. The second-order valence-corrected chi connectivity index (χ2v) is 6.21. The van der Waals surface area contributed by atoms with Crippen LogP contribution in [-0.2, 0) is 0 Å². The number of para-hydroxylation sites is 1. The van der Waals surface area contributed by atoms with Crippen LogP contribution in [0.2, 0.25) is 0 Å². The summed E-state index contributed by atoms with van der Waals surface area (Å²) in [4.78, 5) is 24.8. The van der Waals surface area contributed by atoms with E-state index in [0.29, 0.717) is 11.1 Å². The van der Waals surface area contributed by atoms with Crippen molar-refractivity contribution in [1.29, 1.82) is 0 Å². The van der Waals surface area contributed by atoms with Crippen LogP contribution in [0.25, 0.3) is 5.69 Å². The Labute approximate surface area is 151 Å². The normalized spacial score (nSPS) is 13.7. The lowest BCUT2D eigenvalue weighted by Crippen LogP contribution is -2.24. The third-order valence-corrected chi connectivity index (χ3v) is 4.57. The van der Waals surface area contributed by atoms with Gasteiger partial charge in [0.1, 0.15) is 0 Å². The van der Waals surface area contributed by atoms with Crippen molar-refractivity contribution in [3.8, 4) is 5.69 Å². The molecule has 1 aromatic heterocycles. The summed E-state index contributed by atoms with van der Waals surface area (Å²) < 4.78 is 2.11. The summed E-state index contributed by atoms with van der Waals surface area (Å²) in [6.07, 6.45) is 1.57. The lowest BCUT2D eigenvalue weighted by Gasteiger charge is -2.09. The molecule has 2 aromatic carbocycles. The van der Waals surface area contributed by atoms with E-state index >= 15 is 0 Å². The summed E-state index contributed by atoms with van der Waals surface area (Å²) in [7, 11) is 0. The van der Waals surface area contributed by atoms with E-state index in [2.05, 4.69) is 9.67 Å². The van der Waals surface area contributed by atoms with Gasteiger partial charge < -0.3 is 4.57 Å². The van der Waals surface area contributed by atoms with Crippen molar-refractivity contribution in [3.05, 3.63) is 88.7 Å². The molecular weight excluding hydrogens is 326 g/mol. The van der Waals surface area contributed by atoms with Gasteiger partial charge in [0, 0.05) is 22.6 Å². The van der Waals surface area contributed by atoms with E-state index in [0.717, 1.165) is 27.6 Å². The van der Waals surface area contributed by atoms with E-state index in [9.17, 15) is 9.59 Å². The first-order chi connectivity index (χ1) is 12.6. The molecule has 2 heterocycles. The molecule has 0 saturated heterocycles. The summed E-state index contributed by atoms with van der Waals surface area (Å²) in [5, 5.41) is 5.10. The Hall–Kier alpha value is -3.47. The van der Waals surface area contributed by atoms with Crippen LogP contribution >= 0.6 is 0 Å². The second-order valence-electron chi connectivity index (χ2n) is 6.21. The van der Waals surface area contributed by atoms with Gasteiger partial charge in [-0.05, 0) is 44.2 Å². The van der Waals surface area contributed by atoms with Gasteiger partial charge in [-0.25, -0.2) is 0 Å². The van der Waals surface area contributed by atoms with E-state index in [1.54, 1.807) is 30.5 Å². The standard InChI is InChI=1S/C21H17N3O2/c1-14-12-16(15(2)23(14)17-8-4-3-5-9-17)13-22-24-20(25)18-10-6-7-11-19(18)21(24)26/h3-13H,1-2H3/b22-13-. The molecule has 1 aliphatic rings. The molecule has 0 saturated carbocycles. The Balaban J connectivity index is 1.67. The number of nitrogens with zero attached hydrogens (tertiary/aromatic N) is 3. The molecule has 128 valence electrons. The fraction of sp³-hybridized carbons (Fsp3) is 0.0952. The summed E-state index contributed by atoms with van der Waals surface area (Å²) in [6.45, 7) is 4.00. The molecule has 0 spiro atoms. The van der Waals surface area contributed by atoms with Gasteiger partial charge in [-0.1, -0.05) is 30.3 Å². The number of fused-ring (bicyclic) bond motifs is 1. The average molecular weight is 343 g/mol. The highest BCUT2D eigenvalue weighted by Gasteiger charge is 2.35. The zero-order chi connectivity index (χ0) is 18.3. The highest BCUT2D eigenvalue weighted by molar-refractivity contribution is 6.21. The smallest absolute Gasteiger partial charge is 0.282 e. The fourth-order valence-electron chi connectivity index (χ4n) is 3.29. The Morgan fingerprint density at radius 2 is 1.42 bits per heavy atom. The summed E-state index contributed by atoms with van der Waals surface area (Å²) >= 11 is 0. The van der Waals surface area contributed by atoms with Crippen molar-refractivity contribution in [1.82, 2.24) is 9.58 Å². The van der Waals surface area contributed by atoms with E-state index in [1.165, 1.54) is 0 Å². The number of carbonyl (C=O) groups excluding carboxylic acids is 2. The molecule has 4 rings (SSSR count). The summed E-state index contributed by atoms with van der Waals surface area (Å²) in [5.41, 5.74) is 4.76. The SMILES string of the molecule is Cc1cc(/C=N\N2C(=O)c3ccccc3C2=O)c(C)n1-c1ccccc1. The molecule has 5 nitrogen and oxygen atoms in total. The van der Waals surface area contributed by atoms with Crippen molar-refractivity contribution in [3.63, 3.8) is 0 Å². The van der Waals surface area contributed by atoms with Gasteiger partial charge in [0.2, 0.25) is 0 Å². The highest BCUT2D eigenvalue weighted by atomic mass is 16.2. The van der Waals surface area contributed by atoms with Crippen LogP contribution < -0.4 is 0 Å². The first-order valence-electron chi connectivity index (χ1n) is 8.34. The summed E-state index contributed by atoms with van der Waals surface area (Å²) in [6, 6.07) is 18.8. The van der Waals surface area contributed by atoms with Crippen molar-refractivity contribution in [2.75, 3.05) is 0 Å². The first kappa shape index (κ1) is 16.0. The van der Waals surface area contributed by atoms with Crippen LogP contribution in [0.3, 0.4) is 0 Å². The first-order valence-corrected chi connectivity index (χ1v) is 8.34. The van der Waals surface area contributed by atoms with Crippen molar-refractivity contribution in [2.45, 2.75) is 13.8 Å². The molecule has 26 heavy (non-hydrogen) atoms. The predicted molar refractivity (Wildman–Crippen MR) is 99.8 cm³/mol. The molecule has 5 heteroatoms. The molecule has 0 fully saturated rings. The number of hydrazone groups is 1. The van der Waals surface area contributed by atoms with E-state index in [-0.39, 0.29) is 0 Å². The number of hydrogen-bond donors (Lipinski definition) is 0. The molecule has 3 aromatic rings. The Morgan fingerprint density at radius 3 is 2.04 bits per heavy atom. The topological polar surface area (TPSA) is 54.7 Å². The number of aryl methyl sites for hydroxylation is 1. The van der Waals surface area contributed by atoms with Crippen LogP contribution in [0.15, 0.2) is 65.8 Å². The minimum atomic E-state index is -0.390. The molecule has 0 atom stereocenters. The largest absolute Gasteiger partial charge is 0.318 e. The maximum atomic E-state index is 12.4. The molecule has 2 amide bonds. The maximum absolute atomic E-state index is 12.4. The van der Waals surface area contributed by atoms with Gasteiger partial charge in [0.25, 0.3) is 11.8 Å². The highest BCUT2D eigenvalue weighted by Crippen LogP contribution is 2.23. The van der Waals surface area contributed by atoms with Crippen molar-refractivity contribution in [2.24, 2.45) is 5.10 Å². The minimum absolute atomic E-state index is 0.390. The molecule has 0 aliphatic carbocycles. The number of imide groups is 1. The molecule has 0 unspecified atom stereocenters. The molecule has 0 bridgehead atoms. The number of aromatic nitrogens is 1. The van der Waals surface area contributed by atoms with E-state index in [4.69, 9.17) is 0 Å². The zero-order valence-electron chi connectivity index (χ0n) is 14.5. The van der Waals surface area contributed by atoms with Crippen LogP contribution in [0, 0.1) is 13.8 Å². The van der Waals surface area contributed by atoms with Gasteiger partial charge in [-0.3, -0.25) is 9.59 Å². The molecule has 0 N–H and O–H groups in total. The molecule has 1 aliphatic heterocycles. The number of benzene rings is 2. The van der Waals surface area contributed by atoms with Crippen LogP contribution in [-0.4, -0.2) is 27.6 Å². The van der Waals surface area contributed by atoms with Gasteiger partial charge in [-0.2, -0.15) is 10.1 Å². The Bertz CT molecular complexity index is 1010. The Kier molecular flexibility index (Phi) is 3.77. The predicted octanol–water partition coefficient (Wildman–Crippen LogP) is 3.72. The van der Waals surface area contributed by atoms with Crippen LogP contribution in [0.5, 0.6) is 0 Å². The molecular formula is C21H17N3O2. The Morgan fingerprint density at radius 1 is 0.846 bits per heavy atom. The minimum Gasteiger partial charge on any atom is -0.318 e. The van der Waals surface area contributed by atoms with Crippen molar-refractivity contribution >= 4 is 18.0 Å². The number of carbonyl (C=O) groups is 2. The number of hydrogen-bond acceptors (Lipinski definition) is 3.